The van der Waals surface area contributed by atoms with Gasteiger partial charge in [0, 0.05) is 32.2 Å². The van der Waals surface area contributed by atoms with Gasteiger partial charge in [0.05, 0.1) is 15.5 Å². The second-order valence-electron chi connectivity index (χ2n) is 5.62. The molecule has 8 heteroatoms. The fraction of sp³-hybridized carbons (Fsp3) is 0.235. The average molecular weight is 364 g/mol. The van der Waals surface area contributed by atoms with Gasteiger partial charge in [-0.1, -0.05) is 29.8 Å². The maximum Gasteiger partial charge on any atom is 0.294 e. The zero-order valence-corrected chi connectivity index (χ0v) is 13.9. The molecule has 25 heavy (non-hydrogen) atoms. The van der Waals surface area contributed by atoms with Crippen molar-refractivity contribution in [3.8, 4) is 0 Å². The van der Waals surface area contributed by atoms with E-state index in [4.69, 9.17) is 11.6 Å². The molecule has 0 atom stereocenters. The van der Waals surface area contributed by atoms with Crippen LogP contribution in [0, 0.1) is 15.9 Å². The number of piperazine rings is 1. The number of hydrogen-bond acceptors (Lipinski definition) is 4. The van der Waals surface area contributed by atoms with Crippen molar-refractivity contribution in [2.24, 2.45) is 0 Å². The Morgan fingerprint density at radius 2 is 1.76 bits per heavy atom. The first-order valence-corrected chi connectivity index (χ1v) is 8.08. The topological polar surface area (TPSA) is 66.7 Å². The molecule has 1 saturated heterocycles. The summed E-state index contributed by atoms with van der Waals surface area (Å²) in [4.78, 5) is 26.5. The number of nitrogens with zero attached hydrogens (tertiary/aromatic N) is 3. The van der Waals surface area contributed by atoms with E-state index in [2.05, 4.69) is 0 Å². The lowest BCUT2D eigenvalue weighted by Gasteiger charge is -2.36. The summed E-state index contributed by atoms with van der Waals surface area (Å²) in [6.45, 7) is 1.42. The maximum absolute atomic E-state index is 13.8. The van der Waals surface area contributed by atoms with E-state index in [1.165, 1.54) is 35.2 Å². The zero-order chi connectivity index (χ0) is 18.0. The summed E-state index contributed by atoms with van der Waals surface area (Å²) in [5.74, 6) is -0.942. The van der Waals surface area contributed by atoms with Crippen molar-refractivity contribution in [2.75, 3.05) is 31.1 Å². The molecule has 0 N–H and O–H groups in total. The Hall–Kier alpha value is -2.67. The minimum atomic E-state index is -0.559. The molecule has 1 fully saturated rings. The van der Waals surface area contributed by atoms with Crippen molar-refractivity contribution in [3.05, 3.63) is 69.0 Å². The quantitative estimate of drug-likeness (QED) is 0.619. The first kappa shape index (κ1) is 17.2. The lowest BCUT2D eigenvalue weighted by atomic mass is 10.1. The van der Waals surface area contributed by atoms with E-state index in [9.17, 15) is 19.3 Å². The van der Waals surface area contributed by atoms with Gasteiger partial charge in [-0.05, 0) is 18.2 Å². The Labute approximate surface area is 148 Å². The van der Waals surface area contributed by atoms with E-state index in [0.29, 0.717) is 36.9 Å². The van der Waals surface area contributed by atoms with Crippen molar-refractivity contribution in [2.45, 2.75) is 0 Å². The van der Waals surface area contributed by atoms with Crippen LogP contribution in [0.25, 0.3) is 0 Å². The first-order chi connectivity index (χ1) is 12.0. The van der Waals surface area contributed by atoms with Gasteiger partial charge in [-0.15, -0.1) is 0 Å². The smallest absolute Gasteiger partial charge is 0.294 e. The third kappa shape index (κ3) is 3.41. The van der Waals surface area contributed by atoms with E-state index < -0.39 is 10.7 Å². The Balaban J connectivity index is 1.76. The van der Waals surface area contributed by atoms with Gasteiger partial charge in [-0.2, -0.15) is 0 Å². The van der Waals surface area contributed by atoms with Crippen LogP contribution in [0.3, 0.4) is 0 Å². The highest BCUT2D eigenvalue weighted by Gasteiger charge is 2.28. The molecule has 1 aliphatic rings. The second-order valence-corrected chi connectivity index (χ2v) is 6.03. The van der Waals surface area contributed by atoms with Gasteiger partial charge in [-0.3, -0.25) is 14.9 Å². The maximum atomic E-state index is 13.8. The second kappa shape index (κ2) is 7.06. The molecule has 0 bridgehead atoms. The van der Waals surface area contributed by atoms with Crippen LogP contribution in [0.2, 0.25) is 5.02 Å². The van der Waals surface area contributed by atoms with Crippen molar-refractivity contribution in [1.29, 1.82) is 0 Å². The van der Waals surface area contributed by atoms with E-state index in [0.717, 1.165) is 0 Å². The zero-order valence-electron chi connectivity index (χ0n) is 13.2. The average Bonchev–Trinajstić information content (AvgIpc) is 2.61. The molecule has 0 spiro atoms. The molecule has 0 radical (unpaired) electrons. The van der Waals surface area contributed by atoms with Crippen LogP contribution in [0.1, 0.15) is 10.4 Å². The van der Waals surface area contributed by atoms with Crippen LogP contribution in [0.5, 0.6) is 0 Å². The summed E-state index contributed by atoms with van der Waals surface area (Å²) in [7, 11) is 0. The van der Waals surface area contributed by atoms with Crippen molar-refractivity contribution in [3.63, 3.8) is 0 Å². The SMILES string of the molecule is O=C(c1ccccc1F)N1CCN(c2c(Cl)cccc2[N+](=O)[O-])CC1. The third-order valence-electron chi connectivity index (χ3n) is 4.15. The van der Waals surface area contributed by atoms with Crippen LogP contribution in [0.4, 0.5) is 15.8 Å². The number of para-hydroxylation sites is 1. The predicted molar refractivity (Wildman–Crippen MR) is 92.6 cm³/mol. The number of halogens is 2. The number of hydrogen-bond donors (Lipinski definition) is 0. The van der Waals surface area contributed by atoms with Crippen LogP contribution < -0.4 is 4.90 Å². The predicted octanol–water partition coefficient (Wildman–Crippen LogP) is 3.35. The van der Waals surface area contributed by atoms with Gasteiger partial charge in [0.15, 0.2) is 0 Å². The van der Waals surface area contributed by atoms with Gasteiger partial charge < -0.3 is 9.80 Å². The van der Waals surface area contributed by atoms with E-state index >= 15 is 0 Å². The number of benzene rings is 2. The van der Waals surface area contributed by atoms with Crippen molar-refractivity contribution >= 4 is 28.9 Å². The van der Waals surface area contributed by atoms with Gasteiger partial charge in [0.2, 0.25) is 0 Å². The lowest BCUT2D eigenvalue weighted by Crippen LogP contribution is -2.49. The molecule has 1 amide bonds. The Kier molecular flexibility index (Phi) is 4.85. The van der Waals surface area contributed by atoms with Crippen LogP contribution in [-0.2, 0) is 0 Å². The van der Waals surface area contributed by atoms with Crippen molar-refractivity contribution < 1.29 is 14.1 Å². The monoisotopic (exact) mass is 363 g/mol. The molecule has 0 unspecified atom stereocenters. The van der Waals surface area contributed by atoms with Crippen LogP contribution >= 0.6 is 11.6 Å². The molecule has 2 aromatic carbocycles. The first-order valence-electron chi connectivity index (χ1n) is 7.70. The fourth-order valence-electron chi connectivity index (χ4n) is 2.90. The number of anilines is 1. The molecule has 0 aliphatic carbocycles. The molecule has 0 saturated carbocycles. The minimum absolute atomic E-state index is 0.0275. The molecule has 2 aromatic rings. The summed E-state index contributed by atoms with van der Waals surface area (Å²) in [6.07, 6.45) is 0. The summed E-state index contributed by atoms with van der Waals surface area (Å²) in [6, 6.07) is 10.4. The molecule has 3 rings (SSSR count). The standard InChI is InChI=1S/C17H15ClFN3O3/c18-13-5-3-7-15(22(24)25)16(13)20-8-10-21(11-9-20)17(23)12-4-1-2-6-14(12)19/h1-7H,8-11H2. The summed E-state index contributed by atoms with van der Waals surface area (Å²) < 4.78 is 13.8. The molecule has 130 valence electrons. The number of nitro groups is 1. The molecule has 0 aromatic heterocycles. The van der Waals surface area contributed by atoms with Crippen molar-refractivity contribution in [1.82, 2.24) is 4.90 Å². The molecular formula is C17H15ClFN3O3. The summed E-state index contributed by atoms with van der Waals surface area (Å²) >= 11 is 6.15. The van der Waals surface area contributed by atoms with Gasteiger partial charge in [-0.25, -0.2) is 4.39 Å². The highest BCUT2D eigenvalue weighted by Crippen LogP contribution is 2.35. The molecule has 1 heterocycles. The van der Waals surface area contributed by atoms with E-state index in [-0.39, 0.29) is 17.2 Å². The number of amides is 1. The van der Waals surface area contributed by atoms with Crippen LogP contribution in [0.15, 0.2) is 42.5 Å². The number of nitro benzene ring substituents is 1. The van der Waals surface area contributed by atoms with Crippen LogP contribution in [-0.4, -0.2) is 41.9 Å². The molecule has 1 aliphatic heterocycles. The third-order valence-corrected chi connectivity index (χ3v) is 4.45. The van der Waals surface area contributed by atoms with Gasteiger partial charge >= 0.3 is 0 Å². The van der Waals surface area contributed by atoms with E-state index in [1.807, 2.05) is 0 Å². The highest BCUT2D eigenvalue weighted by atomic mass is 35.5. The lowest BCUT2D eigenvalue weighted by molar-refractivity contribution is -0.384. The number of carbonyl (C=O) groups is 1. The highest BCUT2D eigenvalue weighted by molar-refractivity contribution is 6.33. The molecular weight excluding hydrogens is 349 g/mol. The number of carbonyl (C=O) groups excluding carboxylic acids is 1. The normalized spacial score (nSPS) is 14.5. The number of rotatable bonds is 3. The Morgan fingerprint density at radius 1 is 1.08 bits per heavy atom. The van der Waals surface area contributed by atoms with Gasteiger partial charge in [0.25, 0.3) is 11.6 Å². The molecule has 6 nitrogen and oxygen atoms in total. The fourth-order valence-corrected chi connectivity index (χ4v) is 3.19. The van der Waals surface area contributed by atoms with E-state index in [1.54, 1.807) is 17.0 Å². The summed E-state index contributed by atoms with van der Waals surface area (Å²) in [5, 5.41) is 11.5. The Morgan fingerprint density at radius 3 is 2.40 bits per heavy atom. The largest absolute Gasteiger partial charge is 0.361 e. The summed E-state index contributed by atoms with van der Waals surface area (Å²) in [5.41, 5.74) is 0.313. The minimum Gasteiger partial charge on any atom is -0.361 e. The van der Waals surface area contributed by atoms with Gasteiger partial charge in [0.1, 0.15) is 11.5 Å². The Bertz CT molecular complexity index is 823.